The van der Waals surface area contributed by atoms with Crippen LogP contribution in [0.2, 0.25) is 5.02 Å². The van der Waals surface area contributed by atoms with Crippen LogP contribution in [-0.4, -0.2) is 16.9 Å². The maximum Gasteiger partial charge on any atom is 0.316 e. The Labute approximate surface area is 148 Å². The fourth-order valence-electron chi connectivity index (χ4n) is 2.02. The summed E-state index contributed by atoms with van der Waals surface area (Å²) in [7, 11) is 0. The second kappa shape index (κ2) is 8.04. The second-order valence-corrected chi connectivity index (χ2v) is 6.35. The van der Waals surface area contributed by atoms with E-state index in [2.05, 4.69) is 5.16 Å². The molecule has 2 aromatic carbocycles. The third kappa shape index (κ3) is 4.40. The lowest BCUT2D eigenvalue weighted by molar-refractivity contribution is -0.142. The predicted molar refractivity (Wildman–Crippen MR) is 93.9 cm³/mol. The van der Waals surface area contributed by atoms with Crippen LogP contribution in [-0.2, 0) is 16.1 Å². The molecule has 122 valence electrons. The minimum absolute atomic E-state index is 0.0573. The number of hydrogen-bond acceptors (Lipinski definition) is 5. The first kappa shape index (κ1) is 16.6. The molecule has 0 unspecified atom stereocenters. The largest absolute Gasteiger partial charge is 0.457 e. The maximum absolute atomic E-state index is 11.8. The molecule has 0 aliphatic heterocycles. The molecule has 0 saturated carbocycles. The molecule has 4 nitrogen and oxygen atoms in total. The van der Waals surface area contributed by atoms with Crippen LogP contribution in [0.5, 0.6) is 0 Å². The Morgan fingerprint density at radius 1 is 1.12 bits per heavy atom. The summed E-state index contributed by atoms with van der Waals surface area (Å²) in [6, 6.07) is 18.8. The van der Waals surface area contributed by atoms with Crippen LogP contribution < -0.4 is 0 Å². The van der Waals surface area contributed by atoms with E-state index in [0.29, 0.717) is 16.5 Å². The van der Waals surface area contributed by atoms with E-state index in [4.69, 9.17) is 20.9 Å². The van der Waals surface area contributed by atoms with Crippen molar-refractivity contribution in [2.45, 2.75) is 11.5 Å². The Balaban J connectivity index is 1.50. The van der Waals surface area contributed by atoms with Gasteiger partial charge in [-0.25, -0.2) is 0 Å². The average molecular weight is 360 g/mol. The molecule has 3 rings (SSSR count). The molecule has 0 aliphatic carbocycles. The number of esters is 1. The number of nitrogens with zero attached hydrogens (tertiary/aromatic N) is 1. The Hall–Kier alpha value is -2.24. The molecule has 1 aromatic heterocycles. The Bertz CT molecular complexity index is 820. The SMILES string of the molecule is O=C(CSc1ccccc1Cl)OCc1cc(-c2ccccc2)no1. The number of rotatable bonds is 6. The van der Waals surface area contributed by atoms with Gasteiger partial charge in [0.15, 0.2) is 12.4 Å². The van der Waals surface area contributed by atoms with Crippen molar-refractivity contribution in [2.24, 2.45) is 0 Å². The summed E-state index contributed by atoms with van der Waals surface area (Å²) in [6.07, 6.45) is 0. The predicted octanol–water partition coefficient (Wildman–Crippen LogP) is 4.83. The van der Waals surface area contributed by atoms with Gasteiger partial charge in [0.05, 0.1) is 10.8 Å². The van der Waals surface area contributed by atoms with Gasteiger partial charge < -0.3 is 9.26 Å². The van der Waals surface area contributed by atoms with Crippen LogP contribution in [0.1, 0.15) is 5.76 Å². The fraction of sp³-hybridized carbons (Fsp3) is 0.111. The van der Waals surface area contributed by atoms with Gasteiger partial charge >= 0.3 is 5.97 Å². The van der Waals surface area contributed by atoms with E-state index in [1.54, 1.807) is 12.1 Å². The highest BCUT2D eigenvalue weighted by Crippen LogP contribution is 2.26. The topological polar surface area (TPSA) is 52.3 Å². The van der Waals surface area contributed by atoms with Gasteiger partial charge in [-0.05, 0) is 12.1 Å². The molecule has 0 radical (unpaired) electrons. The zero-order valence-corrected chi connectivity index (χ0v) is 14.2. The van der Waals surface area contributed by atoms with Crippen molar-refractivity contribution in [2.75, 3.05) is 5.75 Å². The van der Waals surface area contributed by atoms with Crippen molar-refractivity contribution in [1.82, 2.24) is 5.16 Å². The zero-order valence-electron chi connectivity index (χ0n) is 12.6. The number of carbonyl (C=O) groups is 1. The highest BCUT2D eigenvalue weighted by molar-refractivity contribution is 8.00. The number of aromatic nitrogens is 1. The summed E-state index contributed by atoms with van der Waals surface area (Å²) in [5.41, 5.74) is 1.67. The molecule has 0 N–H and O–H groups in total. The van der Waals surface area contributed by atoms with Gasteiger partial charge in [-0.3, -0.25) is 4.79 Å². The smallest absolute Gasteiger partial charge is 0.316 e. The van der Waals surface area contributed by atoms with E-state index in [9.17, 15) is 4.79 Å². The summed E-state index contributed by atoms with van der Waals surface area (Å²) in [5, 5.41) is 4.60. The third-order valence-corrected chi connectivity index (χ3v) is 4.67. The van der Waals surface area contributed by atoms with Crippen molar-refractivity contribution in [1.29, 1.82) is 0 Å². The van der Waals surface area contributed by atoms with Gasteiger partial charge in [-0.2, -0.15) is 0 Å². The lowest BCUT2D eigenvalue weighted by Crippen LogP contribution is -2.06. The maximum atomic E-state index is 11.8. The molecule has 1 heterocycles. The number of halogens is 1. The number of benzene rings is 2. The summed E-state index contributed by atoms with van der Waals surface area (Å²) in [5.74, 6) is 0.353. The van der Waals surface area contributed by atoms with Gasteiger partial charge in [0.1, 0.15) is 5.69 Å². The molecule has 0 amide bonds. The zero-order chi connectivity index (χ0) is 16.8. The minimum Gasteiger partial charge on any atom is -0.457 e. The fourth-order valence-corrected chi connectivity index (χ4v) is 3.05. The molecule has 24 heavy (non-hydrogen) atoms. The summed E-state index contributed by atoms with van der Waals surface area (Å²) >= 11 is 7.39. The van der Waals surface area contributed by atoms with Crippen LogP contribution in [0.15, 0.2) is 70.1 Å². The Kier molecular flexibility index (Phi) is 5.56. The minimum atomic E-state index is -0.336. The van der Waals surface area contributed by atoms with Crippen molar-refractivity contribution in [3.05, 3.63) is 71.4 Å². The van der Waals surface area contributed by atoms with E-state index in [1.807, 2.05) is 48.5 Å². The molecule has 6 heteroatoms. The van der Waals surface area contributed by atoms with Crippen LogP contribution in [0.3, 0.4) is 0 Å². The van der Waals surface area contributed by atoms with Gasteiger partial charge in [0.25, 0.3) is 0 Å². The molecular formula is C18H14ClNO3S. The Morgan fingerprint density at radius 3 is 2.67 bits per heavy atom. The molecule has 3 aromatic rings. The lowest BCUT2D eigenvalue weighted by Gasteiger charge is -2.04. The summed E-state index contributed by atoms with van der Waals surface area (Å²) in [4.78, 5) is 12.7. The van der Waals surface area contributed by atoms with Gasteiger partial charge in [0, 0.05) is 16.5 Å². The van der Waals surface area contributed by atoms with E-state index < -0.39 is 0 Å². The third-order valence-electron chi connectivity index (χ3n) is 3.19. The van der Waals surface area contributed by atoms with Gasteiger partial charge in [-0.15, -0.1) is 11.8 Å². The monoisotopic (exact) mass is 359 g/mol. The number of thioether (sulfide) groups is 1. The standard InChI is InChI=1S/C18H14ClNO3S/c19-15-8-4-5-9-17(15)24-12-18(21)22-11-14-10-16(20-23-14)13-6-2-1-3-7-13/h1-10H,11-12H2. The van der Waals surface area contributed by atoms with Gasteiger partial charge in [0.2, 0.25) is 0 Å². The van der Waals surface area contributed by atoms with E-state index >= 15 is 0 Å². The normalized spacial score (nSPS) is 10.5. The van der Waals surface area contributed by atoms with Gasteiger partial charge in [-0.1, -0.05) is 59.2 Å². The number of carbonyl (C=O) groups excluding carboxylic acids is 1. The molecule has 0 saturated heterocycles. The first-order chi connectivity index (χ1) is 11.7. The highest BCUT2D eigenvalue weighted by Gasteiger charge is 2.10. The van der Waals surface area contributed by atoms with Crippen molar-refractivity contribution in [3.8, 4) is 11.3 Å². The lowest BCUT2D eigenvalue weighted by atomic mass is 10.1. The number of ether oxygens (including phenoxy) is 1. The van der Waals surface area contributed by atoms with Crippen molar-refractivity contribution >= 4 is 29.3 Å². The molecular weight excluding hydrogens is 346 g/mol. The molecule has 0 bridgehead atoms. The quantitative estimate of drug-likeness (QED) is 0.466. The first-order valence-corrected chi connectivity index (χ1v) is 8.63. The van der Waals surface area contributed by atoms with Crippen LogP contribution in [0.4, 0.5) is 0 Å². The first-order valence-electron chi connectivity index (χ1n) is 7.26. The summed E-state index contributed by atoms with van der Waals surface area (Å²) < 4.78 is 10.4. The van der Waals surface area contributed by atoms with E-state index in [-0.39, 0.29) is 18.3 Å². The van der Waals surface area contributed by atoms with Crippen LogP contribution in [0.25, 0.3) is 11.3 Å². The molecule has 0 atom stereocenters. The second-order valence-electron chi connectivity index (χ2n) is 4.92. The van der Waals surface area contributed by atoms with E-state index in [1.165, 1.54) is 11.8 Å². The molecule has 0 spiro atoms. The average Bonchev–Trinajstić information content (AvgIpc) is 3.09. The highest BCUT2D eigenvalue weighted by atomic mass is 35.5. The van der Waals surface area contributed by atoms with E-state index in [0.717, 1.165) is 10.5 Å². The van der Waals surface area contributed by atoms with Crippen molar-refractivity contribution in [3.63, 3.8) is 0 Å². The Morgan fingerprint density at radius 2 is 1.88 bits per heavy atom. The number of hydrogen-bond donors (Lipinski definition) is 0. The summed E-state index contributed by atoms with van der Waals surface area (Å²) in [6.45, 7) is 0.0573. The molecule has 0 aliphatic rings. The molecule has 0 fully saturated rings. The van der Waals surface area contributed by atoms with Crippen LogP contribution >= 0.6 is 23.4 Å². The van der Waals surface area contributed by atoms with Crippen LogP contribution in [0, 0.1) is 0 Å². The van der Waals surface area contributed by atoms with Crippen molar-refractivity contribution < 1.29 is 14.1 Å².